The van der Waals surface area contributed by atoms with Crippen molar-refractivity contribution in [1.29, 1.82) is 0 Å². The minimum Gasteiger partial charge on any atom is -0.548 e. The van der Waals surface area contributed by atoms with Gasteiger partial charge in [-0.1, -0.05) is 24.8 Å². The second kappa shape index (κ2) is 11.9. The van der Waals surface area contributed by atoms with Gasteiger partial charge in [-0.05, 0) is 60.2 Å². The van der Waals surface area contributed by atoms with Gasteiger partial charge in [0.15, 0.2) is 0 Å². The van der Waals surface area contributed by atoms with Crippen LogP contribution in [0.15, 0.2) is 54.6 Å². The Kier molecular flexibility index (Phi) is 9.65. The molecule has 10 nitrogen and oxygen atoms in total. The molecule has 3 rings (SSSR count). The smallest absolute Gasteiger partial charge is 0.251 e. The largest absolute Gasteiger partial charge is 0.548 e. The summed E-state index contributed by atoms with van der Waals surface area (Å²) in [5.74, 6) is -3.46. The fourth-order valence-corrected chi connectivity index (χ4v) is 3.25. The summed E-state index contributed by atoms with van der Waals surface area (Å²) in [5, 5.41) is 24.9. The van der Waals surface area contributed by atoms with Crippen LogP contribution in [-0.2, 0) is 22.4 Å². The lowest BCUT2D eigenvalue weighted by Gasteiger charge is -2.21. The average Bonchev–Trinajstić information content (AvgIpc) is 2.77. The monoisotopic (exact) mass is 477 g/mol. The Bertz CT molecular complexity index is 1240. The summed E-state index contributed by atoms with van der Waals surface area (Å²) in [7, 11) is 0. The highest BCUT2D eigenvalue weighted by Crippen LogP contribution is 2.21. The zero-order valence-electron chi connectivity index (χ0n) is 19.5. The highest BCUT2D eigenvalue weighted by atomic mass is 16.4. The summed E-state index contributed by atoms with van der Waals surface area (Å²) in [5.41, 5.74) is 13.9. The molecular formula is C25H27N5O5. The van der Waals surface area contributed by atoms with Crippen molar-refractivity contribution >= 4 is 40.5 Å². The summed E-state index contributed by atoms with van der Waals surface area (Å²) in [6.45, 7) is 3.21. The number of nitrogens with zero attached hydrogens (tertiary/aromatic N) is 2. The first kappa shape index (κ1) is 28.3. The van der Waals surface area contributed by atoms with Gasteiger partial charge in [-0.15, -0.1) is 0 Å². The quantitative estimate of drug-likeness (QED) is 0.282. The third-order valence-corrected chi connectivity index (χ3v) is 5.05. The number of carbonyl (C=O) groups is 3. The lowest BCUT2D eigenvalue weighted by atomic mass is 10.0. The molecule has 0 radical (unpaired) electrons. The van der Waals surface area contributed by atoms with Gasteiger partial charge in [0.2, 0.25) is 5.95 Å². The maximum absolute atomic E-state index is 12.4. The number of benzene rings is 2. The van der Waals surface area contributed by atoms with Crippen molar-refractivity contribution in [3.63, 3.8) is 0 Å². The molecule has 1 heterocycles. The molecule has 35 heavy (non-hydrogen) atoms. The predicted octanol–water partition coefficient (Wildman–Crippen LogP) is 0.0245. The molecule has 1 amide bonds. The maximum atomic E-state index is 12.4. The van der Waals surface area contributed by atoms with Crippen molar-refractivity contribution in [2.45, 2.75) is 25.3 Å². The first-order valence-electron chi connectivity index (χ1n) is 9.95. The lowest BCUT2D eigenvalue weighted by molar-refractivity contribution is -0.308. The molecule has 1 atom stereocenters. The van der Waals surface area contributed by atoms with Gasteiger partial charge in [0, 0.05) is 25.8 Å². The minimum absolute atomic E-state index is 0. The van der Waals surface area contributed by atoms with Crippen LogP contribution in [0.4, 0.5) is 11.8 Å². The van der Waals surface area contributed by atoms with E-state index in [0.717, 1.165) is 16.5 Å². The van der Waals surface area contributed by atoms with Crippen molar-refractivity contribution < 1.29 is 24.6 Å². The number of carbonyl (C=O) groups excluding carboxylic acids is 3. The minimum atomic E-state index is -1.62. The van der Waals surface area contributed by atoms with Crippen molar-refractivity contribution in [1.82, 2.24) is 15.3 Å². The van der Waals surface area contributed by atoms with Crippen molar-refractivity contribution in [3.05, 3.63) is 86.2 Å². The van der Waals surface area contributed by atoms with E-state index in [9.17, 15) is 24.6 Å². The number of aliphatic carboxylic acids is 2. The van der Waals surface area contributed by atoms with E-state index in [2.05, 4.69) is 21.9 Å². The fraction of sp³-hybridized carbons (Fsp3) is 0.160. The van der Waals surface area contributed by atoms with Crippen LogP contribution in [0.2, 0.25) is 0 Å². The maximum Gasteiger partial charge on any atom is 0.251 e. The number of carboxylic acid groups (broad SMARTS) is 2. The van der Waals surface area contributed by atoms with Gasteiger partial charge < -0.3 is 36.6 Å². The van der Waals surface area contributed by atoms with Crippen LogP contribution >= 0.6 is 0 Å². The van der Waals surface area contributed by atoms with E-state index in [0.29, 0.717) is 24.2 Å². The van der Waals surface area contributed by atoms with E-state index in [-0.39, 0.29) is 26.4 Å². The number of rotatable bonds is 9. The molecule has 0 bridgehead atoms. The topological polar surface area (TPSA) is 187 Å². The SMILES string of the molecule is C=C(C[C@H](NC(=O)c1ccc(CCc2ccc3nc(N)nc(N)c3c2)cc1)C(=O)[O-])C(=O)[O-].[CH3+].[CH3+]. The van der Waals surface area contributed by atoms with E-state index in [1.54, 1.807) is 24.3 Å². The van der Waals surface area contributed by atoms with Crippen LogP contribution < -0.4 is 27.0 Å². The van der Waals surface area contributed by atoms with Gasteiger partial charge in [-0.25, -0.2) is 4.98 Å². The summed E-state index contributed by atoms with van der Waals surface area (Å²) in [6.07, 6.45) is 0.849. The van der Waals surface area contributed by atoms with Gasteiger partial charge in [-0.2, -0.15) is 4.98 Å². The number of fused-ring (bicyclic) bond motifs is 1. The Balaban J connectivity index is 0.00000306. The zero-order chi connectivity index (χ0) is 24.1. The second-order valence-corrected chi connectivity index (χ2v) is 7.46. The first-order chi connectivity index (χ1) is 15.6. The number of nitrogen functional groups attached to an aromatic ring is 2. The molecule has 0 unspecified atom stereocenters. The third-order valence-electron chi connectivity index (χ3n) is 5.05. The van der Waals surface area contributed by atoms with E-state index < -0.39 is 35.9 Å². The summed E-state index contributed by atoms with van der Waals surface area (Å²) in [6, 6.07) is 10.7. The third kappa shape index (κ3) is 7.13. The van der Waals surface area contributed by atoms with Crippen LogP contribution in [0.25, 0.3) is 10.9 Å². The van der Waals surface area contributed by atoms with Gasteiger partial charge in [0.25, 0.3) is 5.91 Å². The molecule has 0 aliphatic heterocycles. The van der Waals surface area contributed by atoms with E-state index >= 15 is 0 Å². The predicted molar refractivity (Wildman–Crippen MR) is 130 cm³/mol. The molecule has 2 aromatic carbocycles. The number of aryl methyl sites for hydroxylation is 2. The van der Waals surface area contributed by atoms with Crippen molar-refractivity contribution in [3.8, 4) is 0 Å². The van der Waals surface area contributed by atoms with E-state index in [1.807, 2.05) is 18.2 Å². The number of carboxylic acids is 2. The molecule has 182 valence electrons. The van der Waals surface area contributed by atoms with Crippen molar-refractivity contribution in [2.24, 2.45) is 0 Å². The molecule has 0 spiro atoms. The molecule has 3 aromatic rings. The lowest BCUT2D eigenvalue weighted by Crippen LogP contribution is -2.48. The van der Waals surface area contributed by atoms with Gasteiger partial charge in [0.1, 0.15) is 5.82 Å². The highest BCUT2D eigenvalue weighted by molar-refractivity contribution is 5.97. The van der Waals surface area contributed by atoms with Crippen LogP contribution in [0, 0.1) is 14.9 Å². The second-order valence-electron chi connectivity index (χ2n) is 7.46. The van der Waals surface area contributed by atoms with Gasteiger partial charge in [-0.3, -0.25) is 4.79 Å². The number of aromatic nitrogens is 2. The Morgan fingerprint density at radius 1 is 0.943 bits per heavy atom. The summed E-state index contributed by atoms with van der Waals surface area (Å²) in [4.78, 5) is 42.4. The molecule has 5 N–H and O–H groups in total. The number of nitrogens with one attached hydrogen (secondary N) is 1. The Labute approximate surface area is 203 Å². The van der Waals surface area contributed by atoms with Crippen LogP contribution in [0.3, 0.4) is 0 Å². The normalized spacial score (nSPS) is 11.0. The number of hydrogen-bond donors (Lipinski definition) is 3. The summed E-state index contributed by atoms with van der Waals surface area (Å²) < 4.78 is 0. The Morgan fingerprint density at radius 2 is 1.54 bits per heavy atom. The van der Waals surface area contributed by atoms with Gasteiger partial charge in [0.05, 0.1) is 23.5 Å². The number of hydrogen-bond acceptors (Lipinski definition) is 9. The first-order valence-corrected chi connectivity index (χ1v) is 9.95. The van der Waals surface area contributed by atoms with Crippen LogP contribution in [0.1, 0.15) is 27.9 Å². The average molecular weight is 478 g/mol. The molecule has 0 fully saturated rings. The van der Waals surface area contributed by atoms with Crippen LogP contribution in [0.5, 0.6) is 0 Å². The Morgan fingerprint density at radius 3 is 2.14 bits per heavy atom. The number of nitrogens with two attached hydrogens (primary N) is 2. The molecule has 0 aliphatic rings. The molecule has 1 aromatic heterocycles. The van der Waals surface area contributed by atoms with Crippen molar-refractivity contribution in [2.75, 3.05) is 11.5 Å². The molecular weight excluding hydrogens is 450 g/mol. The molecule has 0 aliphatic carbocycles. The molecule has 0 saturated carbocycles. The fourth-order valence-electron chi connectivity index (χ4n) is 3.25. The zero-order valence-corrected chi connectivity index (χ0v) is 19.5. The molecule has 10 heteroatoms. The molecule has 0 saturated heterocycles. The van der Waals surface area contributed by atoms with Crippen LogP contribution in [-0.4, -0.2) is 33.9 Å². The van der Waals surface area contributed by atoms with E-state index in [1.165, 1.54) is 0 Å². The summed E-state index contributed by atoms with van der Waals surface area (Å²) >= 11 is 0. The standard InChI is InChI=1S/C23H23N5O5.2CH3/c1-12(21(30)31)10-18(22(32)33)26-20(29)15-7-4-13(5-8-15)2-3-14-6-9-17-16(11-14)19(24)28-23(25)27-17;;/h4-9,11,18H,1-3,10H2,(H,26,29)(H,30,31)(H,32,33)(H4,24,25,27,28);2*1H3/q;2*+1/p-2/t18-;;/m0../s1. The highest BCUT2D eigenvalue weighted by Gasteiger charge is 2.16. The van der Waals surface area contributed by atoms with E-state index in [4.69, 9.17) is 11.5 Å². The number of amides is 1. The number of anilines is 2. The van der Waals surface area contributed by atoms with Gasteiger partial charge >= 0.3 is 0 Å². The Hall–Kier alpha value is -4.73.